The van der Waals surface area contributed by atoms with Gasteiger partial charge in [-0.05, 0) is 32.9 Å². The quantitative estimate of drug-likeness (QED) is 0.876. The van der Waals surface area contributed by atoms with Gasteiger partial charge in [-0.25, -0.2) is 0 Å². The number of halogens is 1. The molecule has 21 heavy (non-hydrogen) atoms. The maximum atomic E-state index is 12.2. The van der Waals surface area contributed by atoms with Crippen molar-refractivity contribution in [2.75, 3.05) is 0 Å². The highest BCUT2D eigenvalue weighted by Gasteiger charge is 2.30. The largest absolute Gasteiger partial charge is 0.479 e. The Morgan fingerprint density at radius 2 is 2.14 bits per heavy atom. The Hall–Kier alpha value is -2.15. The fourth-order valence-electron chi connectivity index (χ4n) is 1.68. The first-order valence-electron chi connectivity index (χ1n) is 6.37. The Bertz CT molecular complexity index is 615. The van der Waals surface area contributed by atoms with Gasteiger partial charge >= 0.3 is 0 Å². The molecule has 0 aliphatic carbocycles. The van der Waals surface area contributed by atoms with Gasteiger partial charge in [-0.3, -0.25) is 4.79 Å². The number of aromatic amines is 1. The number of carbonyl (C=O) groups excluding carboxylic acids is 1. The predicted octanol–water partition coefficient (Wildman–Crippen LogP) is 1.67. The molecule has 0 radical (unpaired) electrons. The van der Waals surface area contributed by atoms with Gasteiger partial charge in [0.15, 0.2) is 11.9 Å². The first-order valence-corrected chi connectivity index (χ1v) is 6.75. The second-order valence-electron chi connectivity index (χ2n) is 5.04. The molecule has 1 heterocycles. The van der Waals surface area contributed by atoms with Crippen molar-refractivity contribution in [2.45, 2.75) is 32.4 Å². The summed E-state index contributed by atoms with van der Waals surface area (Å²) in [6.07, 6.45) is -0.712. The summed E-state index contributed by atoms with van der Waals surface area (Å²) in [5.74, 6) is 0.546. The number of carbonyl (C=O) groups is 1. The van der Waals surface area contributed by atoms with Crippen molar-refractivity contribution in [3.05, 3.63) is 35.1 Å². The van der Waals surface area contributed by atoms with Crippen molar-refractivity contribution >= 4 is 17.5 Å². The lowest BCUT2D eigenvalue weighted by molar-refractivity contribution is -0.129. The average Bonchev–Trinajstić information content (AvgIpc) is 2.95. The highest BCUT2D eigenvalue weighted by molar-refractivity contribution is 6.32. The molecule has 0 saturated carbocycles. The third-order valence-electron chi connectivity index (χ3n) is 2.85. The number of amides is 1. The van der Waals surface area contributed by atoms with E-state index in [1.165, 1.54) is 0 Å². The van der Waals surface area contributed by atoms with E-state index in [9.17, 15) is 4.79 Å². The predicted molar refractivity (Wildman–Crippen MR) is 76.9 cm³/mol. The van der Waals surface area contributed by atoms with Crippen LogP contribution in [0.15, 0.2) is 24.3 Å². The maximum Gasteiger partial charge on any atom is 0.261 e. The van der Waals surface area contributed by atoms with Gasteiger partial charge in [-0.15, -0.1) is 10.2 Å². The van der Waals surface area contributed by atoms with E-state index in [-0.39, 0.29) is 5.91 Å². The van der Waals surface area contributed by atoms with E-state index in [2.05, 4.69) is 25.9 Å². The SMILES string of the molecule is C[C@@H](Oc1ccccc1Cl)C(=O)NC(C)(C)c1nn[nH]n1. The fourth-order valence-corrected chi connectivity index (χ4v) is 1.86. The molecular formula is C13H16ClN5O2. The number of hydrogen-bond acceptors (Lipinski definition) is 5. The van der Waals surface area contributed by atoms with Gasteiger partial charge in [-0.1, -0.05) is 28.9 Å². The van der Waals surface area contributed by atoms with Crippen LogP contribution in [0.2, 0.25) is 5.02 Å². The lowest BCUT2D eigenvalue weighted by Crippen LogP contribution is -2.47. The van der Waals surface area contributed by atoms with Gasteiger partial charge in [0.1, 0.15) is 5.75 Å². The summed E-state index contributed by atoms with van der Waals surface area (Å²) in [4.78, 5) is 12.2. The van der Waals surface area contributed by atoms with E-state index in [0.29, 0.717) is 16.6 Å². The minimum absolute atomic E-state index is 0.301. The van der Waals surface area contributed by atoms with Crippen LogP contribution in [0.1, 0.15) is 26.6 Å². The normalized spacial score (nSPS) is 12.8. The molecule has 2 rings (SSSR count). The van der Waals surface area contributed by atoms with Crippen LogP contribution in [0.3, 0.4) is 0 Å². The fraction of sp³-hybridized carbons (Fsp3) is 0.385. The molecular weight excluding hydrogens is 294 g/mol. The van der Waals surface area contributed by atoms with E-state index in [1.807, 2.05) is 0 Å². The van der Waals surface area contributed by atoms with Crippen LogP contribution in [-0.4, -0.2) is 32.6 Å². The van der Waals surface area contributed by atoms with Crippen molar-refractivity contribution in [1.82, 2.24) is 25.9 Å². The first kappa shape index (κ1) is 15.2. The maximum absolute atomic E-state index is 12.2. The van der Waals surface area contributed by atoms with E-state index in [0.717, 1.165) is 0 Å². The highest BCUT2D eigenvalue weighted by Crippen LogP contribution is 2.24. The summed E-state index contributed by atoms with van der Waals surface area (Å²) >= 11 is 6.00. The summed E-state index contributed by atoms with van der Waals surface area (Å²) < 4.78 is 5.56. The number of rotatable bonds is 5. The van der Waals surface area contributed by atoms with Crippen LogP contribution < -0.4 is 10.1 Å². The molecule has 0 saturated heterocycles. The van der Waals surface area contributed by atoms with Gasteiger partial charge in [0.2, 0.25) is 0 Å². The molecule has 0 aliphatic heterocycles. The minimum atomic E-state index is -0.762. The summed E-state index contributed by atoms with van der Waals surface area (Å²) in [6, 6.07) is 6.98. The Kier molecular flexibility index (Phi) is 4.42. The van der Waals surface area contributed by atoms with E-state index in [4.69, 9.17) is 16.3 Å². The number of nitrogens with zero attached hydrogens (tertiary/aromatic N) is 3. The zero-order chi connectivity index (χ0) is 15.5. The minimum Gasteiger partial charge on any atom is -0.479 e. The molecule has 2 N–H and O–H groups in total. The van der Waals surface area contributed by atoms with E-state index in [1.54, 1.807) is 45.0 Å². The summed E-state index contributed by atoms with van der Waals surface area (Å²) in [5.41, 5.74) is -0.762. The summed E-state index contributed by atoms with van der Waals surface area (Å²) in [6.45, 7) is 5.20. The third kappa shape index (κ3) is 3.69. The van der Waals surface area contributed by atoms with Crippen LogP contribution in [-0.2, 0) is 10.3 Å². The van der Waals surface area contributed by atoms with Gasteiger partial charge in [0.05, 0.1) is 10.6 Å². The second kappa shape index (κ2) is 6.09. The molecule has 0 fully saturated rings. The average molecular weight is 310 g/mol. The van der Waals surface area contributed by atoms with Crippen molar-refractivity contribution in [2.24, 2.45) is 0 Å². The van der Waals surface area contributed by atoms with Gasteiger partial charge in [0, 0.05) is 0 Å². The molecule has 112 valence electrons. The number of ether oxygens (including phenoxy) is 1. The van der Waals surface area contributed by atoms with Crippen LogP contribution in [0.25, 0.3) is 0 Å². The highest BCUT2D eigenvalue weighted by atomic mass is 35.5. The monoisotopic (exact) mass is 309 g/mol. The van der Waals surface area contributed by atoms with Crippen molar-refractivity contribution in [1.29, 1.82) is 0 Å². The van der Waals surface area contributed by atoms with Crippen LogP contribution in [0.4, 0.5) is 0 Å². The van der Waals surface area contributed by atoms with Crippen LogP contribution in [0, 0.1) is 0 Å². The molecule has 0 spiro atoms. The van der Waals surface area contributed by atoms with Crippen molar-refractivity contribution < 1.29 is 9.53 Å². The zero-order valence-electron chi connectivity index (χ0n) is 11.9. The number of hydrogen-bond donors (Lipinski definition) is 2. The van der Waals surface area contributed by atoms with E-state index >= 15 is 0 Å². The van der Waals surface area contributed by atoms with Gasteiger partial charge < -0.3 is 10.1 Å². The number of para-hydroxylation sites is 1. The summed E-state index contributed by atoms with van der Waals surface area (Å²) in [5, 5.41) is 16.8. The number of nitrogens with one attached hydrogen (secondary N) is 2. The standard InChI is InChI=1S/C13H16ClN5O2/c1-8(21-10-7-5-4-6-9(10)14)11(20)15-13(2,3)12-16-18-19-17-12/h4-8H,1-3H3,(H,15,20)(H,16,17,18,19)/t8-/m1/s1. The smallest absolute Gasteiger partial charge is 0.261 e. The molecule has 1 amide bonds. The Morgan fingerprint density at radius 3 is 2.76 bits per heavy atom. The summed E-state index contributed by atoms with van der Waals surface area (Å²) in [7, 11) is 0. The molecule has 7 nitrogen and oxygen atoms in total. The lowest BCUT2D eigenvalue weighted by atomic mass is 10.0. The Labute approximate surface area is 127 Å². The lowest BCUT2D eigenvalue weighted by Gasteiger charge is -2.25. The molecule has 1 aromatic heterocycles. The number of H-pyrrole nitrogens is 1. The van der Waals surface area contributed by atoms with Crippen molar-refractivity contribution in [3.63, 3.8) is 0 Å². The van der Waals surface area contributed by atoms with Crippen molar-refractivity contribution in [3.8, 4) is 5.75 Å². The van der Waals surface area contributed by atoms with E-state index < -0.39 is 11.6 Å². The van der Waals surface area contributed by atoms with Crippen LogP contribution >= 0.6 is 11.6 Å². The molecule has 1 atom stereocenters. The topological polar surface area (TPSA) is 92.8 Å². The molecule has 2 aromatic rings. The molecule has 0 aliphatic rings. The second-order valence-corrected chi connectivity index (χ2v) is 5.45. The Balaban J connectivity index is 2.02. The number of tetrazole rings is 1. The number of aromatic nitrogens is 4. The third-order valence-corrected chi connectivity index (χ3v) is 3.16. The number of benzene rings is 1. The first-order chi connectivity index (χ1) is 9.90. The van der Waals surface area contributed by atoms with Gasteiger partial charge in [-0.2, -0.15) is 5.21 Å². The molecule has 0 unspecified atom stereocenters. The molecule has 0 bridgehead atoms. The molecule has 1 aromatic carbocycles. The Morgan fingerprint density at radius 1 is 1.43 bits per heavy atom. The zero-order valence-corrected chi connectivity index (χ0v) is 12.7. The molecule has 8 heteroatoms. The van der Waals surface area contributed by atoms with Crippen LogP contribution in [0.5, 0.6) is 5.75 Å². The van der Waals surface area contributed by atoms with Gasteiger partial charge in [0.25, 0.3) is 5.91 Å².